The van der Waals surface area contributed by atoms with E-state index in [1.54, 1.807) is 0 Å². The summed E-state index contributed by atoms with van der Waals surface area (Å²) in [6.07, 6.45) is 14.8. The fraction of sp³-hybridized carbons (Fsp3) is 0.348. The summed E-state index contributed by atoms with van der Waals surface area (Å²) in [6.45, 7) is 9.00. The second kappa shape index (κ2) is 17.1. The first-order valence-corrected chi connectivity index (χ1v) is 18.1. The van der Waals surface area contributed by atoms with Crippen LogP contribution in [0.1, 0.15) is 101 Å². The minimum Gasteiger partial charge on any atom is -0.0654 e. The number of hydrogen-bond donors (Lipinski definition) is 0. The minimum atomic E-state index is 1.13. The van der Waals surface area contributed by atoms with E-state index in [-0.39, 0.29) is 0 Å². The summed E-state index contributed by atoms with van der Waals surface area (Å²) in [6, 6.07) is 41.8. The van der Waals surface area contributed by atoms with Gasteiger partial charge in [0.2, 0.25) is 0 Å². The van der Waals surface area contributed by atoms with Crippen LogP contribution in [0.2, 0.25) is 0 Å². The van der Waals surface area contributed by atoms with Crippen LogP contribution in [0.4, 0.5) is 0 Å². The molecule has 0 spiro atoms. The molecular weight excluding hydrogens is 553 g/mol. The van der Waals surface area contributed by atoms with Crippen LogP contribution < -0.4 is 0 Å². The van der Waals surface area contributed by atoms with Gasteiger partial charge >= 0.3 is 0 Å². The van der Waals surface area contributed by atoms with Crippen molar-refractivity contribution in [2.75, 3.05) is 0 Å². The topological polar surface area (TPSA) is 0 Å². The fourth-order valence-electron chi connectivity index (χ4n) is 6.71. The van der Waals surface area contributed by atoms with E-state index in [1.165, 1.54) is 125 Å². The van der Waals surface area contributed by atoms with Gasteiger partial charge in [0.1, 0.15) is 0 Å². The maximum Gasteiger partial charge on any atom is -0.0149 e. The van der Waals surface area contributed by atoms with Gasteiger partial charge in [0.05, 0.1) is 0 Å². The highest BCUT2D eigenvalue weighted by atomic mass is 14.2. The lowest BCUT2D eigenvalue weighted by Crippen LogP contribution is -1.99. The molecule has 0 aliphatic rings. The standard InChI is InChI=1S/C46H54/c1-5-8-10-12-15-43-34-46(42-31-27-40(28-32-42)38-23-19-36(14-7-3)20-24-38)44(16-13-11-9-6-2)33-45(43)41-29-25-39(26-30-41)37-21-17-35(4)18-22-37/h17-34H,5-16H2,1-4H3. The first-order chi connectivity index (χ1) is 22.6. The first kappa shape index (κ1) is 33.5. The molecule has 0 atom stereocenters. The summed E-state index contributed by atoms with van der Waals surface area (Å²) in [5.74, 6) is 0. The van der Waals surface area contributed by atoms with Crippen molar-refractivity contribution in [2.45, 2.75) is 105 Å². The minimum absolute atomic E-state index is 1.13. The van der Waals surface area contributed by atoms with Gasteiger partial charge in [-0.15, -0.1) is 0 Å². The molecule has 0 saturated carbocycles. The normalized spacial score (nSPS) is 11.2. The largest absolute Gasteiger partial charge is 0.0654 e. The van der Waals surface area contributed by atoms with Crippen LogP contribution in [0.15, 0.2) is 109 Å². The van der Waals surface area contributed by atoms with Gasteiger partial charge < -0.3 is 0 Å². The van der Waals surface area contributed by atoms with Crippen molar-refractivity contribution in [2.24, 2.45) is 0 Å². The Morgan fingerprint density at radius 2 is 0.717 bits per heavy atom. The lowest BCUT2D eigenvalue weighted by molar-refractivity contribution is 0.664. The molecule has 0 aliphatic carbocycles. The Morgan fingerprint density at radius 1 is 0.348 bits per heavy atom. The molecule has 0 aromatic heterocycles. The van der Waals surface area contributed by atoms with Gasteiger partial charge in [0.25, 0.3) is 0 Å². The molecule has 0 saturated heterocycles. The van der Waals surface area contributed by atoms with Crippen LogP contribution in [0.25, 0.3) is 44.5 Å². The number of aryl methyl sites for hydroxylation is 4. The van der Waals surface area contributed by atoms with E-state index in [9.17, 15) is 0 Å². The summed E-state index contributed by atoms with van der Waals surface area (Å²) in [5.41, 5.74) is 16.4. The van der Waals surface area contributed by atoms with Crippen molar-refractivity contribution >= 4 is 0 Å². The average molecular weight is 607 g/mol. The van der Waals surface area contributed by atoms with E-state index in [0.29, 0.717) is 0 Å². The summed E-state index contributed by atoms with van der Waals surface area (Å²) in [7, 11) is 0. The Hall–Kier alpha value is -3.90. The van der Waals surface area contributed by atoms with Crippen LogP contribution >= 0.6 is 0 Å². The molecule has 5 aromatic carbocycles. The highest BCUT2D eigenvalue weighted by molar-refractivity contribution is 5.79. The second-order valence-corrected chi connectivity index (χ2v) is 13.3. The fourth-order valence-corrected chi connectivity index (χ4v) is 6.71. The summed E-state index contributed by atoms with van der Waals surface area (Å²) in [5, 5.41) is 0. The highest BCUT2D eigenvalue weighted by Gasteiger charge is 2.14. The molecule has 0 amide bonds. The molecule has 0 radical (unpaired) electrons. The van der Waals surface area contributed by atoms with Crippen molar-refractivity contribution in [3.63, 3.8) is 0 Å². The predicted octanol–water partition coefficient (Wildman–Crippen LogP) is 13.9. The Kier molecular flexibility index (Phi) is 12.5. The average Bonchev–Trinajstić information content (AvgIpc) is 3.10. The maximum atomic E-state index is 2.55. The van der Waals surface area contributed by atoms with Gasteiger partial charge in [-0.05, 0) is 100 Å². The monoisotopic (exact) mass is 606 g/mol. The van der Waals surface area contributed by atoms with Gasteiger partial charge in [-0.25, -0.2) is 0 Å². The van der Waals surface area contributed by atoms with Crippen LogP contribution in [0, 0.1) is 6.92 Å². The molecule has 0 unspecified atom stereocenters. The lowest BCUT2D eigenvalue weighted by Gasteiger charge is -2.18. The third kappa shape index (κ3) is 8.88. The van der Waals surface area contributed by atoms with E-state index in [4.69, 9.17) is 0 Å². The van der Waals surface area contributed by atoms with E-state index in [0.717, 1.165) is 19.3 Å². The summed E-state index contributed by atoms with van der Waals surface area (Å²) in [4.78, 5) is 0. The van der Waals surface area contributed by atoms with Gasteiger partial charge in [-0.1, -0.05) is 180 Å². The van der Waals surface area contributed by atoms with Crippen molar-refractivity contribution in [3.8, 4) is 44.5 Å². The smallest absolute Gasteiger partial charge is 0.0149 e. The molecule has 0 heterocycles. The van der Waals surface area contributed by atoms with Crippen molar-refractivity contribution < 1.29 is 0 Å². The van der Waals surface area contributed by atoms with Crippen molar-refractivity contribution in [1.29, 1.82) is 0 Å². The zero-order valence-corrected chi connectivity index (χ0v) is 28.9. The lowest BCUT2D eigenvalue weighted by atomic mass is 9.86. The molecule has 238 valence electrons. The zero-order chi connectivity index (χ0) is 32.1. The Morgan fingerprint density at radius 3 is 1.11 bits per heavy atom. The Labute approximate surface area is 279 Å². The SMILES string of the molecule is CCCCCCc1cc(-c2ccc(-c3ccc(CCC)cc3)cc2)c(CCCCCC)cc1-c1ccc(-c2ccc(C)cc2)cc1. The van der Waals surface area contributed by atoms with Gasteiger partial charge in [-0.2, -0.15) is 0 Å². The zero-order valence-electron chi connectivity index (χ0n) is 28.9. The molecule has 0 nitrogen and oxygen atoms in total. The molecule has 0 bridgehead atoms. The Bertz CT molecular complexity index is 1620. The molecule has 0 N–H and O–H groups in total. The van der Waals surface area contributed by atoms with E-state index >= 15 is 0 Å². The molecular formula is C46H54. The number of hydrogen-bond acceptors (Lipinski definition) is 0. The summed E-state index contributed by atoms with van der Waals surface area (Å²) < 4.78 is 0. The van der Waals surface area contributed by atoms with Crippen LogP contribution in [0.5, 0.6) is 0 Å². The quantitative estimate of drug-likeness (QED) is 0.0980. The second-order valence-electron chi connectivity index (χ2n) is 13.3. The van der Waals surface area contributed by atoms with E-state index in [2.05, 4.69) is 137 Å². The van der Waals surface area contributed by atoms with Gasteiger partial charge in [0.15, 0.2) is 0 Å². The maximum absolute atomic E-state index is 2.55. The van der Waals surface area contributed by atoms with Gasteiger partial charge in [-0.3, -0.25) is 0 Å². The molecule has 46 heavy (non-hydrogen) atoms. The third-order valence-electron chi connectivity index (χ3n) is 9.53. The highest BCUT2D eigenvalue weighted by Crippen LogP contribution is 2.36. The molecule has 5 aromatic rings. The third-order valence-corrected chi connectivity index (χ3v) is 9.53. The van der Waals surface area contributed by atoms with Crippen molar-refractivity contribution in [3.05, 3.63) is 131 Å². The predicted molar refractivity (Wildman–Crippen MR) is 203 cm³/mol. The van der Waals surface area contributed by atoms with Gasteiger partial charge in [0, 0.05) is 0 Å². The molecule has 0 heteroatoms. The van der Waals surface area contributed by atoms with Crippen LogP contribution in [-0.2, 0) is 19.3 Å². The number of rotatable bonds is 16. The van der Waals surface area contributed by atoms with Crippen LogP contribution in [0.3, 0.4) is 0 Å². The molecule has 0 fully saturated rings. The number of unbranched alkanes of at least 4 members (excludes halogenated alkanes) is 6. The Balaban J connectivity index is 1.51. The summed E-state index contributed by atoms with van der Waals surface area (Å²) >= 11 is 0. The molecule has 5 rings (SSSR count). The van der Waals surface area contributed by atoms with Crippen LogP contribution in [-0.4, -0.2) is 0 Å². The first-order valence-electron chi connectivity index (χ1n) is 18.1. The van der Waals surface area contributed by atoms with E-state index in [1.807, 2.05) is 0 Å². The van der Waals surface area contributed by atoms with E-state index < -0.39 is 0 Å². The number of benzene rings is 5. The van der Waals surface area contributed by atoms with Crippen molar-refractivity contribution in [1.82, 2.24) is 0 Å². The molecule has 0 aliphatic heterocycles.